The summed E-state index contributed by atoms with van der Waals surface area (Å²) < 4.78 is 6.74. The van der Waals surface area contributed by atoms with E-state index in [2.05, 4.69) is 64.1 Å². The molecular weight excluding hydrogens is 348 g/mol. The lowest BCUT2D eigenvalue weighted by molar-refractivity contribution is -0.140. The van der Waals surface area contributed by atoms with Crippen molar-refractivity contribution < 1.29 is 9.53 Å². The van der Waals surface area contributed by atoms with Gasteiger partial charge in [-0.3, -0.25) is 9.48 Å². The molecule has 0 aliphatic carbocycles. The summed E-state index contributed by atoms with van der Waals surface area (Å²) in [6, 6.07) is 20.8. The van der Waals surface area contributed by atoms with Gasteiger partial charge < -0.3 is 4.74 Å². The van der Waals surface area contributed by atoms with Crippen LogP contribution in [0.2, 0.25) is 0 Å². The van der Waals surface area contributed by atoms with Gasteiger partial charge in [0.05, 0.1) is 7.11 Å². The molecule has 0 aliphatic heterocycles. The van der Waals surface area contributed by atoms with Crippen molar-refractivity contribution in [2.24, 2.45) is 0 Å². The lowest BCUT2D eigenvalue weighted by atomic mass is 10.0. The Morgan fingerprint density at radius 3 is 2.14 bits per heavy atom. The molecule has 3 rings (SSSR count). The summed E-state index contributed by atoms with van der Waals surface area (Å²) in [4.78, 5) is 11.1. The third-order valence-electron chi connectivity index (χ3n) is 4.89. The second-order valence-electron chi connectivity index (χ2n) is 6.98. The van der Waals surface area contributed by atoms with Gasteiger partial charge in [0.15, 0.2) is 0 Å². The van der Waals surface area contributed by atoms with E-state index >= 15 is 0 Å². The molecule has 28 heavy (non-hydrogen) atoms. The largest absolute Gasteiger partial charge is 0.469 e. The zero-order chi connectivity index (χ0) is 19.6. The third-order valence-corrected chi connectivity index (χ3v) is 4.89. The molecule has 0 N–H and O–H groups in total. The highest BCUT2D eigenvalue weighted by molar-refractivity contribution is 5.80. The van der Waals surface area contributed by atoms with Crippen LogP contribution in [-0.2, 0) is 16.1 Å². The first-order valence-electron chi connectivity index (χ1n) is 10.0. The van der Waals surface area contributed by atoms with Crippen LogP contribution in [0.1, 0.15) is 38.5 Å². The van der Waals surface area contributed by atoms with Crippen molar-refractivity contribution >= 4 is 5.97 Å². The SMILES string of the molecule is COC(=O)CCCCCCCn1cc(-c2ccccc2)c(-c2ccccc2)n1. The molecule has 3 aromatic rings. The molecule has 0 amide bonds. The number of carbonyl (C=O) groups excluding carboxylic acids is 1. The molecule has 0 aliphatic rings. The Morgan fingerprint density at radius 2 is 1.46 bits per heavy atom. The number of ether oxygens (including phenoxy) is 1. The summed E-state index contributed by atoms with van der Waals surface area (Å²) in [7, 11) is 1.44. The minimum atomic E-state index is -0.113. The van der Waals surface area contributed by atoms with Crippen molar-refractivity contribution in [2.45, 2.75) is 45.1 Å². The molecule has 0 unspecified atom stereocenters. The summed E-state index contributed by atoms with van der Waals surface area (Å²) in [5.41, 5.74) is 4.54. The molecule has 0 spiro atoms. The summed E-state index contributed by atoms with van der Waals surface area (Å²) in [5, 5.41) is 4.88. The monoisotopic (exact) mass is 376 g/mol. The maximum absolute atomic E-state index is 11.1. The van der Waals surface area contributed by atoms with E-state index in [1.165, 1.54) is 18.2 Å². The van der Waals surface area contributed by atoms with E-state index in [1.54, 1.807) is 0 Å². The quantitative estimate of drug-likeness (QED) is 0.335. The first-order valence-corrected chi connectivity index (χ1v) is 10.0. The summed E-state index contributed by atoms with van der Waals surface area (Å²) in [5.74, 6) is -0.113. The van der Waals surface area contributed by atoms with Crippen LogP contribution in [0.4, 0.5) is 0 Å². The number of unbranched alkanes of at least 4 members (excludes halogenated alkanes) is 4. The van der Waals surface area contributed by atoms with Crippen LogP contribution in [0, 0.1) is 0 Å². The van der Waals surface area contributed by atoms with Crippen molar-refractivity contribution in [3.8, 4) is 22.4 Å². The summed E-state index contributed by atoms with van der Waals surface area (Å²) in [6.45, 7) is 0.906. The summed E-state index contributed by atoms with van der Waals surface area (Å²) in [6.07, 6.45) is 8.02. The number of carbonyl (C=O) groups is 1. The molecule has 0 atom stereocenters. The Labute approximate surface area is 167 Å². The Hall–Kier alpha value is -2.88. The normalized spacial score (nSPS) is 10.8. The zero-order valence-corrected chi connectivity index (χ0v) is 16.5. The second-order valence-corrected chi connectivity index (χ2v) is 6.98. The highest BCUT2D eigenvalue weighted by Crippen LogP contribution is 2.30. The van der Waals surface area contributed by atoms with E-state index in [4.69, 9.17) is 5.10 Å². The van der Waals surface area contributed by atoms with Gasteiger partial charge in [-0.05, 0) is 18.4 Å². The Bertz CT molecular complexity index is 800. The van der Waals surface area contributed by atoms with E-state index < -0.39 is 0 Å². The van der Waals surface area contributed by atoms with Crippen molar-refractivity contribution in [1.29, 1.82) is 0 Å². The van der Waals surface area contributed by atoms with Crippen molar-refractivity contribution in [3.05, 3.63) is 66.9 Å². The number of rotatable bonds is 10. The van der Waals surface area contributed by atoms with Crippen LogP contribution in [0.25, 0.3) is 22.4 Å². The standard InChI is InChI=1S/C24H28N2O2/c1-28-23(27)17-11-3-2-4-12-18-26-19-22(20-13-7-5-8-14-20)24(25-26)21-15-9-6-10-16-21/h5-10,13-16,19H,2-4,11-12,17-18H2,1H3. The van der Waals surface area contributed by atoms with Crippen LogP contribution in [0.5, 0.6) is 0 Å². The summed E-state index contributed by atoms with van der Waals surface area (Å²) >= 11 is 0. The molecule has 4 nitrogen and oxygen atoms in total. The molecule has 0 saturated carbocycles. The fourth-order valence-electron chi connectivity index (χ4n) is 3.35. The molecule has 0 radical (unpaired) electrons. The van der Waals surface area contributed by atoms with Crippen molar-refractivity contribution in [2.75, 3.05) is 7.11 Å². The molecule has 1 aromatic heterocycles. The van der Waals surface area contributed by atoms with Gasteiger partial charge in [0, 0.05) is 30.3 Å². The van der Waals surface area contributed by atoms with Gasteiger partial charge in [-0.15, -0.1) is 0 Å². The van der Waals surface area contributed by atoms with Crippen molar-refractivity contribution in [1.82, 2.24) is 9.78 Å². The van der Waals surface area contributed by atoms with Gasteiger partial charge in [-0.1, -0.05) is 79.9 Å². The van der Waals surface area contributed by atoms with E-state index in [1.807, 2.05) is 12.1 Å². The molecule has 1 heterocycles. The average Bonchev–Trinajstić information content (AvgIpc) is 3.18. The van der Waals surface area contributed by atoms with Crippen LogP contribution >= 0.6 is 0 Å². The van der Waals surface area contributed by atoms with Gasteiger partial charge >= 0.3 is 5.97 Å². The number of hydrogen-bond acceptors (Lipinski definition) is 3. The molecular formula is C24H28N2O2. The number of aryl methyl sites for hydroxylation is 1. The molecule has 4 heteroatoms. The number of hydrogen-bond donors (Lipinski definition) is 0. The van der Waals surface area contributed by atoms with Crippen molar-refractivity contribution in [3.63, 3.8) is 0 Å². The van der Waals surface area contributed by atoms with Gasteiger partial charge in [0.25, 0.3) is 0 Å². The lowest BCUT2D eigenvalue weighted by Crippen LogP contribution is -2.00. The van der Waals surface area contributed by atoms with E-state index in [0.717, 1.165) is 49.9 Å². The maximum Gasteiger partial charge on any atom is 0.305 e. The number of methoxy groups -OCH3 is 1. The molecule has 146 valence electrons. The van der Waals surface area contributed by atoms with Crippen LogP contribution in [0.15, 0.2) is 66.9 Å². The minimum Gasteiger partial charge on any atom is -0.469 e. The highest BCUT2D eigenvalue weighted by atomic mass is 16.5. The fraction of sp³-hybridized carbons (Fsp3) is 0.333. The second kappa shape index (κ2) is 10.5. The molecule has 0 bridgehead atoms. The van der Waals surface area contributed by atoms with Crippen LogP contribution < -0.4 is 0 Å². The third kappa shape index (κ3) is 5.56. The van der Waals surface area contributed by atoms with Gasteiger partial charge in [0.1, 0.15) is 5.69 Å². The first-order chi connectivity index (χ1) is 13.8. The van der Waals surface area contributed by atoms with E-state index in [9.17, 15) is 4.79 Å². The zero-order valence-electron chi connectivity index (χ0n) is 16.5. The molecule has 0 saturated heterocycles. The first kappa shape index (κ1) is 19.9. The average molecular weight is 377 g/mol. The Morgan fingerprint density at radius 1 is 0.857 bits per heavy atom. The fourth-order valence-corrected chi connectivity index (χ4v) is 3.35. The molecule has 0 fully saturated rings. The Balaban J connectivity index is 1.60. The lowest BCUT2D eigenvalue weighted by Gasteiger charge is -2.03. The number of nitrogens with zero attached hydrogens (tertiary/aromatic N) is 2. The Kier molecular flexibility index (Phi) is 7.42. The predicted octanol–water partition coefficient (Wildman–Crippen LogP) is 5.73. The predicted molar refractivity (Wildman–Crippen MR) is 113 cm³/mol. The topological polar surface area (TPSA) is 44.1 Å². The highest BCUT2D eigenvalue weighted by Gasteiger charge is 2.12. The molecule has 2 aromatic carbocycles. The maximum atomic E-state index is 11.1. The van der Waals surface area contributed by atoms with E-state index in [-0.39, 0.29) is 5.97 Å². The smallest absolute Gasteiger partial charge is 0.305 e. The number of benzene rings is 2. The van der Waals surface area contributed by atoms with Gasteiger partial charge in [-0.2, -0.15) is 5.10 Å². The van der Waals surface area contributed by atoms with Gasteiger partial charge in [0.2, 0.25) is 0 Å². The van der Waals surface area contributed by atoms with E-state index in [0.29, 0.717) is 6.42 Å². The van der Waals surface area contributed by atoms with Gasteiger partial charge in [-0.25, -0.2) is 0 Å². The number of aromatic nitrogens is 2. The van der Waals surface area contributed by atoms with Crippen LogP contribution in [0.3, 0.4) is 0 Å². The van der Waals surface area contributed by atoms with Crippen LogP contribution in [-0.4, -0.2) is 22.9 Å². The number of esters is 1. The minimum absolute atomic E-state index is 0.113.